The van der Waals surface area contributed by atoms with Crippen LogP contribution in [0.4, 0.5) is 0 Å². The van der Waals surface area contributed by atoms with Crippen molar-refractivity contribution in [2.75, 3.05) is 14.1 Å². The molecule has 13 heavy (non-hydrogen) atoms. The number of rotatable bonds is 2. The molecular formula is C7H13N3O3. The highest BCUT2D eigenvalue weighted by molar-refractivity contribution is 5.84. The molecule has 0 saturated carbocycles. The number of carboxylic acid groups (broad SMARTS) is 1. The number of oxime groups is 1. The molecular weight excluding hydrogens is 174 g/mol. The molecule has 0 aromatic rings. The van der Waals surface area contributed by atoms with Crippen LogP contribution in [-0.2, 0) is 9.63 Å². The molecule has 0 spiro atoms. The second-order valence-corrected chi connectivity index (χ2v) is 3.11. The lowest BCUT2D eigenvalue weighted by Crippen LogP contribution is -2.42. The molecule has 0 saturated heterocycles. The SMILES string of the molecule is CN(C)C1=NO[C@H]([C@H](N)C(=O)O)C1. The fraction of sp³-hybridized carbons (Fsp3) is 0.714. The van der Waals surface area contributed by atoms with E-state index in [0.29, 0.717) is 12.3 Å². The number of hydrogen-bond donors (Lipinski definition) is 2. The first-order valence-electron chi connectivity index (χ1n) is 3.90. The molecule has 6 nitrogen and oxygen atoms in total. The monoisotopic (exact) mass is 187 g/mol. The van der Waals surface area contributed by atoms with E-state index in [-0.39, 0.29) is 0 Å². The number of nitrogens with zero attached hydrogens (tertiary/aromatic N) is 2. The Bertz CT molecular complexity index is 239. The number of hydrogen-bond acceptors (Lipinski definition) is 5. The zero-order valence-corrected chi connectivity index (χ0v) is 7.60. The van der Waals surface area contributed by atoms with Crippen LogP contribution in [0.1, 0.15) is 6.42 Å². The molecule has 0 amide bonds. The van der Waals surface area contributed by atoms with Crippen molar-refractivity contribution in [3.8, 4) is 0 Å². The van der Waals surface area contributed by atoms with Gasteiger partial charge in [0.1, 0.15) is 11.9 Å². The van der Waals surface area contributed by atoms with Crippen molar-refractivity contribution in [1.29, 1.82) is 0 Å². The molecule has 1 heterocycles. The van der Waals surface area contributed by atoms with Crippen molar-refractivity contribution in [2.45, 2.75) is 18.6 Å². The number of carbonyl (C=O) groups is 1. The molecule has 1 aliphatic heterocycles. The Kier molecular flexibility index (Phi) is 2.72. The molecule has 0 aromatic carbocycles. The highest BCUT2D eigenvalue weighted by Crippen LogP contribution is 2.14. The average molecular weight is 187 g/mol. The Morgan fingerprint density at radius 2 is 2.46 bits per heavy atom. The third kappa shape index (κ3) is 2.09. The smallest absolute Gasteiger partial charge is 0.324 e. The summed E-state index contributed by atoms with van der Waals surface area (Å²) in [6.07, 6.45) is -0.101. The number of amidine groups is 1. The molecule has 0 fully saturated rings. The van der Waals surface area contributed by atoms with Crippen LogP contribution in [-0.4, -0.2) is 48.1 Å². The Hall–Kier alpha value is -1.30. The summed E-state index contributed by atoms with van der Waals surface area (Å²) in [5.74, 6) is -0.359. The summed E-state index contributed by atoms with van der Waals surface area (Å²) in [5, 5.41) is 12.3. The minimum atomic E-state index is -1.07. The first-order valence-corrected chi connectivity index (χ1v) is 3.90. The van der Waals surface area contributed by atoms with Crippen LogP contribution in [0.25, 0.3) is 0 Å². The second kappa shape index (κ2) is 3.61. The molecule has 0 aromatic heterocycles. The lowest BCUT2D eigenvalue weighted by atomic mass is 10.1. The van der Waals surface area contributed by atoms with Crippen molar-refractivity contribution in [1.82, 2.24) is 4.90 Å². The topological polar surface area (TPSA) is 88.1 Å². The molecule has 6 heteroatoms. The Morgan fingerprint density at radius 3 is 2.85 bits per heavy atom. The van der Waals surface area contributed by atoms with Gasteiger partial charge in [-0.05, 0) is 0 Å². The maximum atomic E-state index is 10.5. The summed E-state index contributed by atoms with van der Waals surface area (Å²) in [5.41, 5.74) is 5.37. The van der Waals surface area contributed by atoms with Crippen molar-refractivity contribution < 1.29 is 14.7 Å². The summed E-state index contributed by atoms with van der Waals surface area (Å²) in [6.45, 7) is 0. The molecule has 0 bridgehead atoms. The lowest BCUT2D eigenvalue weighted by Gasteiger charge is -2.13. The zero-order valence-electron chi connectivity index (χ0n) is 7.60. The fourth-order valence-electron chi connectivity index (χ4n) is 0.999. The van der Waals surface area contributed by atoms with Crippen LogP contribution < -0.4 is 5.73 Å². The molecule has 1 rings (SSSR count). The van der Waals surface area contributed by atoms with Gasteiger partial charge in [-0.2, -0.15) is 0 Å². The van der Waals surface area contributed by atoms with E-state index in [4.69, 9.17) is 15.7 Å². The predicted molar refractivity (Wildman–Crippen MR) is 46.2 cm³/mol. The van der Waals surface area contributed by atoms with E-state index >= 15 is 0 Å². The summed E-state index contributed by atoms with van der Waals surface area (Å²) < 4.78 is 0. The maximum absolute atomic E-state index is 10.5. The molecule has 0 aliphatic carbocycles. The Morgan fingerprint density at radius 1 is 1.85 bits per heavy atom. The molecule has 0 radical (unpaired) electrons. The van der Waals surface area contributed by atoms with Crippen molar-refractivity contribution in [3.05, 3.63) is 0 Å². The van der Waals surface area contributed by atoms with E-state index in [1.165, 1.54) is 0 Å². The predicted octanol–water partition coefficient (Wildman–Crippen LogP) is -0.938. The van der Waals surface area contributed by atoms with Crippen LogP contribution in [0.15, 0.2) is 5.16 Å². The van der Waals surface area contributed by atoms with Gasteiger partial charge in [0.2, 0.25) is 0 Å². The second-order valence-electron chi connectivity index (χ2n) is 3.11. The van der Waals surface area contributed by atoms with Crippen molar-refractivity contribution in [3.63, 3.8) is 0 Å². The lowest BCUT2D eigenvalue weighted by molar-refractivity contribution is -0.141. The summed E-state index contributed by atoms with van der Waals surface area (Å²) in [6, 6.07) is -1.01. The maximum Gasteiger partial charge on any atom is 0.324 e. The zero-order chi connectivity index (χ0) is 10.0. The number of aliphatic carboxylic acids is 1. The first kappa shape index (κ1) is 9.79. The fourth-order valence-corrected chi connectivity index (χ4v) is 0.999. The van der Waals surface area contributed by atoms with Gasteiger partial charge in [-0.1, -0.05) is 5.16 Å². The van der Waals surface area contributed by atoms with Gasteiger partial charge in [-0.3, -0.25) is 4.79 Å². The highest BCUT2D eigenvalue weighted by Gasteiger charge is 2.32. The van der Waals surface area contributed by atoms with E-state index in [1.54, 1.807) is 4.90 Å². The summed E-state index contributed by atoms with van der Waals surface area (Å²) in [7, 11) is 3.63. The van der Waals surface area contributed by atoms with Gasteiger partial charge >= 0.3 is 5.97 Å². The number of nitrogens with two attached hydrogens (primary N) is 1. The molecule has 3 N–H and O–H groups in total. The Labute approximate surface area is 75.9 Å². The van der Waals surface area contributed by atoms with Crippen LogP contribution >= 0.6 is 0 Å². The minimum absolute atomic E-state index is 0.445. The van der Waals surface area contributed by atoms with Gasteiger partial charge in [0.15, 0.2) is 6.10 Å². The van der Waals surface area contributed by atoms with E-state index in [1.807, 2.05) is 14.1 Å². The first-order chi connectivity index (χ1) is 6.02. The Balaban J connectivity index is 2.50. The largest absolute Gasteiger partial charge is 0.480 e. The molecule has 2 atom stereocenters. The van der Waals surface area contributed by atoms with Gasteiger partial charge in [0.05, 0.1) is 6.42 Å². The van der Waals surface area contributed by atoms with Gasteiger partial charge in [-0.25, -0.2) is 0 Å². The highest BCUT2D eigenvalue weighted by atomic mass is 16.6. The van der Waals surface area contributed by atoms with Crippen molar-refractivity contribution in [2.24, 2.45) is 10.9 Å². The number of carboxylic acids is 1. The quantitative estimate of drug-likeness (QED) is 0.582. The molecule has 74 valence electrons. The van der Waals surface area contributed by atoms with E-state index in [0.717, 1.165) is 0 Å². The van der Waals surface area contributed by atoms with Gasteiger partial charge < -0.3 is 20.6 Å². The van der Waals surface area contributed by atoms with E-state index < -0.39 is 18.1 Å². The average Bonchev–Trinajstić information content (AvgIpc) is 2.50. The third-order valence-corrected chi connectivity index (χ3v) is 1.88. The van der Waals surface area contributed by atoms with Gasteiger partial charge in [0, 0.05) is 14.1 Å². The standard InChI is InChI=1S/C7H13N3O3/c1-10(2)5-3-4(13-9-5)6(8)7(11)12/h4,6H,3,8H2,1-2H3,(H,11,12)/t4-,6-/m0/s1. The van der Waals surface area contributed by atoms with Crippen molar-refractivity contribution >= 4 is 11.8 Å². The van der Waals surface area contributed by atoms with Crippen LogP contribution in [0.3, 0.4) is 0 Å². The molecule has 1 aliphatic rings. The summed E-state index contributed by atoms with van der Waals surface area (Å²) in [4.78, 5) is 17.2. The van der Waals surface area contributed by atoms with Crippen LogP contribution in [0.2, 0.25) is 0 Å². The minimum Gasteiger partial charge on any atom is -0.480 e. The van der Waals surface area contributed by atoms with E-state index in [9.17, 15) is 4.79 Å². The molecule has 0 unspecified atom stereocenters. The van der Waals surface area contributed by atoms with Crippen LogP contribution in [0, 0.1) is 0 Å². The van der Waals surface area contributed by atoms with E-state index in [2.05, 4.69) is 5.16 Å². The van der Waals surface area contributed by atoms with Gasteiger partial charge in [-0.15, -0.1) is 0 Å². The summed E-state index contributed by atoms with van der Waals surface area (Å²) >= 11 is 0. The third-order valence-electron chi connectivity index (χ3n) is 1.88. The van der Waals surface area contributed by atoms with Crippen LogP contribution in [0.5, 0.6) is 0 Å². The van der Waals surface area contributed by atoms with Gasteiger partial charge in [0.25, 0.3) is 0 Å². The normalized spacial score (nSPS) is 23.3.